The molecule has 4 heteroatoms. The van der Waals surface area contributed by atoms with Crippen LogP contribution in [0.1, 0.15) is 69.6 Å². The zero-order chi connectivity index (χ0) is 22.1. The highest BCUT2D eigenvalue weighted by Gasteiger charge is 2.23. The molecular weight excluding hydrogens is 374 g/mol. The SMILES string of the molecule is CCC/C=C/C(=C\c1cc(OC)cc(C2=CCC(C)(C)CC2)c1C)C(=O)NCCO. The molecule has 1 aliphatic rings. The van der Waals surface area contributed by atoms with Gasteiger partial charge < -0.3 is 15.2 Å². The van der Waals surface area contributed by atoms with Gasteiger partial charge in [0.2, 0.25) is 0 Å². The van der Waals surface area contributed by atoms with Crippen molar-refractivity contribution in [3.05, 3.63) is 52.6 Å². The van der Waals surface area contributed by atoms with Crippen molar-refractivity contribution in [3.8, 4) is 5.75 Å². The summed E-state index contributed by atoms with van der Waals surface area (Å²) in [5.41, 5.74) is 5.61. The normalized spacial score (nSPS) is 16.5. The lowest BCUT2D eigenvalue weighted by Gasteiger charge is -2.29. The molecule has 0 saturated heterocycles. The maximum Gasteiger partial charge on any atom is 0.251 e. The van der Waals surface area contributed by atoms with Crippen LogP contribution in [0, 0.1) is 12.3 Å². The third-order valence-electron chi connectivity index (χ3n) is 5.70. The van der Waals surface area contributed by atoms with Crippen molar-refractivity contribution in [2.24, 2.45) is 5.41 Å². The summed E-state index contributed by atoms with van der Waals surface area (Å²) >= 11 is 0. The molecule has 0 atom stereocenters. The van der Waals surface area contributed by atoms with Crippen molar-refractivity contribution in [2.45, 2.75) is 59.8 Å². The monoisotopic (exact) mass is 411 g/mol. The first-order valence-corrected chi connectivity index (χ1v) is 11.0. The molecule has 30 heavy (non-hydrogen) atoms. The lowest BCUT2D eigenvalue weighted by Crippen LogP contribution is -2.27. The fourth-order valence-electron chi connectivity index (χ4n) is 3.64. The lowest BCUT2D eigenvalue weighted by molar-refractivity contribution is -0.117. The summed E-state index contributed by atoms with van der Waals surface area (Å²) in [6.45, 7) is 9.00. The molecule has 0 fully saturated rings. The number of carbonyl (C=O) groups is 1. The number of hydrogen-bond donors (Lipinski definition) is 2. The number of hydrogen-bond acceptors (Lipinski definition) is 3. The predicted molar refractivity (Wildman–Crippen MR) is 125 cm³/mol. The number of ether oxygens (including phenoxy) is 1. The van der Waals surface area contributed by atoms with Crippen LogP contribution in [0.15, 0.2) is 35.9 Å². The molecule has 2 N–H and O–H groups in total. The second-order valence-corrected chi connectivity index (χ2v) is 8.76. The summed E-state index contributed by atoms with van der Waals surface area (Å²) in [4.78, 5) is 12.6. The van der Waals surface area contributed by atoms with Gasteiger partial charge in [-0.05, 0) is 78.5 Å². The fourth-order valence-corrected chi connectivity index (χ4v) is 3.64. The van der Waals surface area contributed by atoms with E-state index in [1.165, 1.54) is 11.1 Å². The predicted octanol–water partition coefficient (Wildman–Crippen LogP) is 5.45. The highest BCUT2D eigenvalue weighted by Crippen LogP contribution is 2.40. The number of benzene rings is 1. The van der Waals surface area contributed by atoms with Crippen LogP contribution in [-0.2, 0) is 4.79 Å². The molecule has 1 aromatic carbocycles. The Labute approximate surface area is 181 Å². The number of unbranched alkanes of at least 4 members (excludes halogenated alkanes) is 1. The smallest absolute Gasteiger partial charge is 0.251 e. The maximum atomic E-state index is 12.6. The molecule has 1 aromatic rings. The highest BCUT2D eigenvalue weighted by atomic mass is 16.5. The Morgan fingerprint density at radius 2 is 2.10 bits per heavy atom. The number of methoxy groups -OCH3 is 1. The number of allylic oxidation sites excluding steroid dienone is 3. The number of aliphatic hydroxyl groups excluding tert-OH is 1. The molecule has 0 unspecified atom stereocenters. The van der Waals surface area contributed by atoms with Gasteiger partial charge in [0.05, 0.1) is 13.7 Å². The molecule has 164 valence electrons. The molecule has 0 radical (unpaired) electrons. The van der Waals surface area contributed by atoms with Gasteiger partial charge in [-0.2, -0.15) is 0 Å². The Bertz CT molecular complexity index is 831. The summed E-state index contributed by atoms with van der Waals surface area (Å²) in [6.07, 6.45) is 13.4. The van der Waals surface area contributed by atoms with Crippen LogP contribution in [-0.4, -0.2) is 31.3 Å². The van der Waals surface area contributed by atoms with E-state index >= 15 is 0 Å². The average Bonchev–Trinajstić information content (AvgIpc) is 2.72. The van der Waals surface area contributed by atoms with Gasteiger partial charge >= 0.3 is 0 Å². The minimum atomic E-state index is -0.182. The summed E-state index contributed by atoms with van der Waals surface area (Å²) in [6, 6.07) is 4.09. The zero-order valence-electron chi connectivity index (χ0n) is 19.2. The first kappa shape index (κ1) is 23.9. The summed E-state index contributed by atoms with van der Waals surface area (Å²) < 4.78 is 5.58. The van der Waals surface area contributed by atoms with E-state index in [1.807, 2.05) is 24.3 Å². The maximum absolute atomic E-state index is 12.6. The Morgan fingerprint density at radius 3 is 2.70 bits per heavy atom. The van der Waals surface area contributed by atoms with Crippen LogP contribution in [0.25, 0.3) is 11.6 Å². The Morgan fingerprint density at radius 1 is 1.33 bits per heavy atom. The molecule has 1 amide bonds. The third kappa shape index (κ3) is 6.60. The van der Waals surface area contributed by atoms with E-state index in [2.05, 4.69) is 45.2 Å². The van der Waals surface area contributed by atoms with Gasteiger partial charge in [-0.15, -0.1) is 0 Å². The number of aliphatic hydroxyl groups is 1. The molecule has 0 aliphatic heterocycles. The van der Waals surface area contributed by atoms with Crippen molar-refractivity contribution in [1.29, 1.82) is 0 Å². The third-order valence-corrected chi connectivity index (χ3v) is 5.70. The first-order valence-electron chi connectivity index (χ1n) is 11.0. The first-order chi connectivity index (χ1) is 14.3. The van der Waals surface area contributed by atoms with Crippen molar-refractivity contribution >= 4 is 17.6 Å². The van der Waals surface area contributed by atoms with E-state index in [0.29, 0.717) is 11.0 Å². The lowest BCUT2D eigenvalue weighted by atomic mass is 9.76. The van der Waals surface area contributed by atoms with Crippen LogP contribution in [0.5, 0.6) is 5.75 Å². The molecule has 4 nitrogen and oxygen atoms in total. The van der Waals surface area contributed by atoms with Gasteiger partial charge in [-0.25, -0.2) is 0 Å². The number of amides is 1. The van der Waals surface area contributed by atoms with Gasteiger partial charge in [0.15, 0.2) is 0 Å². The van der Waals surface area contributed by atoms with Gasteiger partial charge in [0.25, 0.3) is 5.91 Å². The fraction of sp³-hybridized carbons (Fsp3) is 0.500. The molecule has 2 rings (SSSR count). The Kier molecular flexibility index (Phi) is 8.91. The second kappa shape index (κ2) is 11.2. The second-order valence-electron chi connectivity index (χ2n) is 8.76. The van der Waals surface area contributed by atoms with Crippen LogP contribution in [0.2, 0.25) is 0 Å². The summed E-state index contributed by atoms with van der Waals surface area (Å²) in [5, 5.41) is 11.8. The summed E-state index contributed by atoms with van der Waals surface area (Å²) in [5.74, 6) is 0.610. The highest BCUT2D eigenvalue weighted by molar-refractivity contribution is 6.01. The van der Waals surface area contributed by atoms with Gasteiger partial charge in [-0.1, -0.05) is 45.4 Å². The van der Waals surface area contributed by atoms with Gasteiger partial charge in [0.1, 0.15) is 5.75 Å². The standard InChI is InChI=1S/C26H37NO3/c1-6-7-8-9-21(25(29)27-14-15-28)16-22-17-23(30-5)18-24(19(22)2)20-10-12-26(3,4)13-11-20/h8-10,16-18,28H,6-7,11-15H2,1-5H3,(H,27,29)/b9-8+,21-16+. The molecule has 0 spiro atoms. The molecular formula is C26H37NO3. The minimum Gasteiger partial charge on any atom is -0.497 e. The zero-order valence-corrected chi connectivity index (χ0v) is 19.2. The topological polar surface area (TPSA) is 58.6 Å². The summed E-state index contributed by atoms with van der Waals surface area (Å²) in [7, 11) is 1.68. The van der Waals surface area contributed by atoms with Crippen molar-refractivity contribution in [2.75, 3.05) is 20.3 Å². The largest absolute Gasteiger partial charge is 0.497 e. The average molecular weight is 412 g/mol. The van der Waals surface area contributed by atoms with Gasteiger partial charge in [-0.3, -0.25) is 4.79 Å². The van der Waals surface area contributed by atoms with E-state index < -0.39 is 0 Å². The molecule has 0 bridgehead atoms. The van der Waals surface area contributed by atoms with Gasteiger partial charge in [0, 0.05) is 12.1 Å². The van der Waals surface area contributed by atoms with E-state index in [1.54, 1.807) is 7.11 Å². The molecule has 1 aliphatic carbocycles. The quantitative estimate of drug-likeness (QED) is 0.420. The van der Waals surface area contributed by atoms with Crippen molar-refractivity contribution in [3.63, 3.8) is 0 Å². The van der Waals surface area contributed by atoms with E-state index in [-0.39, 0.29) is 19.1 Å². The van der Waals surface area contributed by atoms with Crippen LogP contribution < -0.4 is 10.1 Å². The van der Waals surface area contributed by atoms with E-state index in [4.69, 9.17) is 9.84 Å². The Hall–Kier alpha value is -2.33. The van der Waals surface area contributed by atoms with Crippen molar-refractivity contribution < 1.29 is 14.6 Å². The number of nitrogens with one attached hydrogen (secondary N) is 1. The number of rotatable bonds is 9. The minimum absolute atomic E-state index is 0.0788. The van der Waals surface area contributed by atoms with Crippen molar-refractivity contribution in [1.82, 2.24) is 5.32 Å². The van der Waals surface area contributed by atoms with Crippen LogP contribution >= 0.6 is 0 Å². The molecule has 0 saturated carbocycles. The molecule has 0 heterocycles. The van der Waals surface area contributed by atoms with E-state index in [9.17, 15) is 4.79 Å². The Balaban J connectivity index is 2.49. The van der Waals surface area contributed by atoms with Crippen LogP contribution in [0.4, 0.5) is 0 Å². The molecule has 0 aromatic heterocycles. The van der Waals surface area contributed by atoms with Crippen LogP contribution in [0.3, 0.4) is 0 Å². The number of carbonyl (C=O) groups excluding carboxylic acids is 1. The van der Waals surface area contributed by atoms with E-state index in [0.717, 1.165) is 49.0 Å².